The maximum absolute atomic E-state index is 12.1. The number of guanidine groups is 1. The van der Waals surface area contributed by atoms with Crippen LogP contribution in [0.1, 0.15) is 16.9 Å². The molecule has 0 spiro atoms. The maximum Gasteiger partial charge on any atom is 0.274 e. The molecule has 2 rings (SSSR count). The van der Waals surface area contributed by atoms with Crippen molar-refractivity contribution in [1.29, 1.82) is 0 Å². The third kappa shape index (κ3) is 3.92. The lowest BCUT2D eigenvalue weighted by atomic mass is 10.2. The zero-order valence-corrected chi connectivity index (χ0v) is 13.2. The number of H-pyrrole nitrogens is 1. The molecule has 0 aliphatic heterocycles. The van der Waals surface area contributed by atoms with Crippen molar-refractivity contribution in [2.24, 2.45) is 16.5 Å². The van der Waals surface area contributed by atoms with Crippen molar-refractivity contribution in [2.75, 3.05) is 27.3 Å². The molecule has 0 saturated carbocycles. The van der Waals surface area contributed by atoms with Gasteiger partial charge in [0, 0.05) is 24.6 Å². The van der Waals surface area contributed by atoms with Crippen molar-refractivity contribution in [1.82, 2.24) is 10.3 Å². The molecular weight excluding hydrogens is 298 g/mol. The first-order chi connectivity index (χ1) is 11.1. The van der Waals surface area contributed by atoms with Crippen LogP contribution < -0.4 is 26.3 Å². The lowest BCUT2D eigenvalue weighted by molar-refractivity contribution is 0.0972. The second-order valence-corrected chi connectivity index (χ2v) is 4.82. The van der Waals surface area contributed by atoms with E-state index >= 15 is 0 Å². The van der Waals surface area contributed by atoms with Crippen LogP contribution in [-0.2, 0) is 0 Å². The summed E-state index contributed by atoms with van der Waals surface area (Å²) in [6, 6.07) is 5.27. The number of rotatable bonds is 6. The molecule has 1 aromatic heterocycles. The van der Waals surface area contributed by atoms with Crippen LogP contribution >= 0.6 is 0 Å². The fourth-order valence-corrected chi connectivity index (χ4v) is 2.07. The van der Waals surface area contributed by atoms with E-state index < -0.39 is 0 Å². The van der Waals surface area contributed by atoms with E-state index in [-0.39, 0.29) is 11.9 Å². The summed E-state index contributed by atoms with van der Waals surface area (Å²) in [5.74, 6) is 0.923. The van der Waals surface area contributed by atoms with Gasteiger partial charge >= 0.3 is 0 Å². The van der Waals surface area contributed by atoms with E-state index in [2.05, 4.69) is 15.3 Å². The highest BCUT2D eigenvalue weighted by molar-refractivity contribution is 6.07. The molecule has 1 amide bonds. The smallest absolute Gasteiger partial charge is 0.274 e. The average molecular weight is 319 g/mol. The summed E-state index contributed by atoms with van der Waals surface area (Å²) >= 11 is 0. The molecule has 0 saturated heterocycles. The second-order valence-electron chi connectivity index (χ2n) is 4.82. The number of nitrogens with zero attached hydrogens (tertiary/aromatic N) is 1. The van der Waals surface area contributed by atoms with E-state index in [1.807, 2.05) is 6.07 Å². The minimum absolute atomic E-state index is 0.0476. The summed E-state index contributed by atoms with van der Waals surface area (Å²) in [6.45, 7) is 1.08. The Morgan fingerprint density at radius 2 is 2.17 bits per heavy atom. The van der Waals surface area contributed by atoms with Crippen molar-refractivity contribution >= 4 is 22.8 Å². The molecule has 0 aliphatic rings. The SMILES string of the molecule is CN=C(N)NC(=O)c1cc2c(OC)cc(OCCCN)cc2[nH]1. The van der Waals surface area contributed by atoms with E-state index in [0.717, 1.165) is 17.3 Å². The van der Waals surface area contributed by atoms with Gasteiger partial charge in [0.05, 0.1) is 19.2 Å². The summed E-state index contributed by atoms with van der Waals surface area (Å²) in [5, 5.41) is 3.25. The maximum atomic E-state index is 12.1. The number of benzene rings is 1. The van der Waals surface area contributed by atoms with Crippen molar-refractivity contribution in [3.8, 4) is 11.5 Å². The molecule has 1 heterocycles. The quantitative estimate of drug-likeness (QED) is 0.352. The number of nitrogens with one attached hydrogen (secondary N) is 2. The number of methoxy groups -OCH3 is 1. The number of fused-ring (bicyclic) bond motifs is 1. The third-order valence-corrected chi connectivity index (χ3v) is 3.24. The van der Waals surface area contributed by atoms with E-state index in [1.54, 1.807) is 19.2 Å². The Morgan fingerprint density at radius 3 is 2.83 bits per heavy atom. The van der Waals surface area contributed by atoms with Gasteiger partial charge in [0.2, 0.25) is 0 Å². The van der Waals surface area contributed by atoms with Gasteiger partial charge < -0.3 is 25.9 Å². The molecule has 124 valence electrons. The van der Waals surface area contributed by atoms with Crippen molar-refractivity contribution < 1.29 is 14.3 Å². The Balaban J connectivity index is 2.31. The largest absolute Gasteiger partial charge is 0.496 e. The predicted octanol–water partition coefficient (Wildman–Crippen LogP) is 0.578. The number of amides is 1. The number of nitrogens with two attached hydrogens (primary N) is 2. The predicted molar refractivity (Wildman–Crippen MR) is 89.0 cm³/mol. The zero-order valence-electron chi connectivity index (χ0n) is 13.2. The molecular formula is C15H21N5O3. The molecule has 8 heteroatoms. The van der Waals surface area contributed by atoms with Crippen LogP contribution in [0.15, 0.2) is 23.2 Å². The molecule has 0 fully saturated rings. The first-order valence-electron chi connectivity index (χ1n) is 7.16. The van der Waals surface area contributed by atoms with Crippen LogP contribution in [0.3, 0.4) is 0 Å². The first-order valence-corrected chi connectivity index (χ1v) is 7.16. The first kappa shape index (κ1) is 16.6. The highest BCUT2D eigenvalue weighted by Gasteiger charge is 2.14. The minimum Gasteiger partial charge on any atom is -0.496 e. The molecule has 8 nitrogen and oxygen atoms in total. The topological polar surface area (TPSA) is 128 Å². The number of carbonyl (C=O) groups excluding carboxylic acids is 1. The van der Waals surface area contributed by atoms with E-state index in [4.69, 9.17) is 20.9 Å². The number of aromatic amines is 1. The van der Waals surface area contributed by atoms with Gasteiger partial charge in [-0.15, -0.1) is 0 Å². The van der Waals surface area contributed by atoms with Gasteiger partial charge in [0.15, 0.2) is 5.96 Å². The summed E-state index contributed by atoms with van der Waals surface area (Å²) < 4.78 is 11.0. The fraction of sp³-hybridized carbons (Fsp3) is 0.333. The van der Waals surface area contributed by atoms with Gasteiger partial charge in [0.25, 0.3) is 5.91 Å². The van der Waals surface area contributed by atoms with Gasteiger partial charge in [-0.2, -0.15) is 0 Å². The van der Waals surface area contributed by atoms with Crippen LogP contribution in [0.4, 0.5) is 0 Å². The highest BCUT2D eigenvalue weighted by atomic mass is 16.5. The van der Waals surface area contributed by atoms with Gasteiger partial charge in [0.1, 0.15) is 17.2 Å². The standard InChI is InChI=1S/C15H21N5O3/c1-18-15(17)20-14(21)12-8-10-11(19-12)6-9(7-13(10)22-2)23-5-3-4-16/h6-8,19H,3-5,16H2,1-2H3,(H3,17,18,20,21). The van der Waals surface area contributed by atoms with Crippen LogP contribution in [0.5, 0.6) is 11.5 Å². The Morgan fingerprint density at radius 1 is 1.39 bits per heavy atom. The second kappa shape index (κ2) is 7.50. The zero-order chi connectivity index (χ0) is 16.8. The van der Waals surface area contributed by atoms with Crippen molar-refractivity contribution in [3.05, 3.63) is 23.9 Å². The van der Waals surface area contributed by atoms with Crippen LogP contribution in [0, 0.1) is 0 Å². The molecule has 2 aromatic rings. The summed E-state index contributed by atoms with van der Waals surface area (Å²) in [6.07, 6.45) is 0.758. The molecule has 0 aliphatic carbocycles. The number of aliphatic imine (C=N–C) groups is 1. The Hall–Kier alpha value is -2.74. The van der Waals surface area contributed by atoms with Crippen LogP contribution in [0.25, 0.3) is 10.9 Å². The average Bonchev–Trinajstić information content (AvgIpc) is 2.98. The van der Waals surface area contributed by atoms with E-state index in [0.29, 0.717) is 30.3 Å². The number of hydrogen-bond acceptors (Lipinski definition) is 5. The molecule has 0 atom stereocenters. The van der Waals surface area contributed by atoms with Gasteiger partial charge in [-0.25, -0.2) is 0 Å². The van der Waals surface area contributed by atoms with Crippen LogP contribution in [-0.4, -0.2) is 44.2 Å². The normalized spacial score (nSPS) is 11.5. The Kier molecular flexibility index (Phi) is 5.42. The summed E-state index contributed by atoms with van der Waals surface area (Å²) in [4.78, 5) is 18.8. The summed E-state index contributed by atoms with van der Waals surface area (Å²) in [5.41, 5.74) is 12.0. The van der Waals surface area contributed by atoms with E-state index in [1.165, 1.54) is 7.05 Å². The fourth-order valence-electron chi connectivity index (χ4n) is 2.07. The number of hydrogen-bond donors (Lipinski definition) is 4. The monoisotopic (exact) mass is 319 g/mol. The number of carbonyl (C=O) groups is 1. The van der Waals surface area contributed by atoms with Gasteiger partial charge in [-0.1, -0.05) is 0 Å². The molecule has 6 N–H and O–H groups in total. The Labute approximate surface area is 133 Å². The van der Waals surface area contributed by atoms with Crippen LogP contribution in [0.2, 0.25) is 0 Å². The van der Waals surface area contributed by atoms with Gasteiger partial charge in [-0.3, -0.25) is 15.1 Å². The van der Waals surface area contributed by atoms with Crippen molar-refractivity contribution in [2.45, 2.75) is 6.42 Å². The minimum atomic E-state index is -0.378. The van der Waals surface area contributed by atoms with Crippen molar-refractivity contribution in [3.63, 3.8) is 0 Å². The molecule has 0 bridgehead atoms. The molecule has 23 heavy (non-hydrogen) atoms. The summed E-state index contributed by atoms with van der Waals surface area (Å²) in [7, 11) is 3.06. The highest BCUT2D eigenvalue weighted by Crippen LogP contribution is 2.31. The third-order valence-electron chi connectivity index (χ3n) is 3.24. The molecule has 0 unspecified atom stereocenters. The lowest BCUT2D eigenvalue weighted by Gasteiger charge is -2.08. The molecule has 0 radical (unpaired) electrons. The number of ether oxygens (including phenoxy) is 2. The van der Waals surface area contributed by atoms with Gasteiger partial charge in [-0.05, 0) is 19.0 Å². The number of aromatic nitrogens is 1. The molecule has 1 aromatic carbocycles. The Bertz CT molecular complexity index is 723. The van der Waals surface area contributed by atoms with E-state index in [9.17, 15) is 4.79 Å². The lowest BCUT2D eigenvalue weighted by Crippen LogP contribution is -2.36.